The lowest BCUT2D eigenvalue weighted by Crippen LogP contribution is -2.24. The summed E-state index contributed by atoms with van der Waals surface area (Å²) in [6, 6.07) is 19.4. The second kappa shape index (κ2) is 8.59. The van der Waals surface area contributed by atoms with Crippen molar-refractivity contribution in [2.24, 2.45) is 0 Å². The third kappa shape index (κ3) is 4.55. The molecule has 0 aliphatic rings. The zero-order valence-electron chi connectivity index (χ0n) is 15.8. The van der Waals surface area contributed by atoms with E-state index in [0.29, 0.717) is 18.0 Å². The van der Waals surface area contributed by atoms with Crippen LogP contribution in [0.15, 0.2) is 67.0 Å². The Morgan fingerprint density at radius 3 is 2.62 bits per heavy atom. The number of anilines is 2. The van der Waals surface area contributed by atoms with E-state index < -0.39 is 0 Å². The highest BCUT2D eigenvalue weighted by Crippen LogP contribution is 2.35. The average molecular weight is 423 g/mol. The normalized spacial score (nSPS) is 10.8. The number of halogens is 1. The average Bonchev–Trinajstić information content (AvgIpc) is 3.19. The first-order valence-corrected chi connectivity index (χ1v) is 10.4. The van der Waals surface area contributed by atoms with Gasteiger partial charge in [0.1, 0.15) is 17.0 Å². The number of rotatable bonds is 6. The van der Waals surface area contributed by atoms with E-state index in [4.69, 9.17) is 11.6 Å². The first-order chi connectivity index (χ1) is 14.1. The van der Waals surface area contributed by atoms with Gasteiger partial charge in [-0.3, -0.25) is 4.79 Å². The number of carbonyl (C=O) groups is 1. The molecule has 0 saturated heterocycles. The van der Waals surface area contributed by atoms with Crippen molar-refractivity contribution in [1.29, 1.82) is 0 Å². The van der Waals surface area contributed by atoms with Crippen LogP contribution in [0.2, 0.25) is 5.02 Å². The number of aromatic nitrogens is 2. The molecule has 0 aliphatic heterocycles. The third-order valence-corrected chi connectivity index (χ3v) is 5.87. The molecule has 0 bridgehead atoms. The predicted molar refractivity (Wildman–Crippen MR) is 121 cm³/mol. The number of nitrogens with one attached hydrogen (secondary N) is 1. The minimum Gasteiger partial charge on any atom is -0.359 e. The molecule has 1 amide bonds. The number of carbonyl (C=O) groups excluding carboxylic acids is 1. The molecule has 2 aromatic carbocycles. The molecule has 0 aliphatic carbocycles. The second-order valence-electron chi connectivity index (χ2n) is 6.62. The molecule has 29 heavy (non-hydrogen) atoms. The van der Waals surface area contributed by atoms with E-state index in [9.17, 15) is 4.79 Å². The quantitative estimate of drug-likeness (QED) is 0.447. The Morgan fingerprint density at radius 1 is 1.10 bits per heavy atom. The molecule has 4 aromatic rings. The summed E-state index contributed by atoms with van der Waals surface area (Å²) in [5.41, 5.74) is 1.89. The Balaban J connectivity index is 1.46. The van der Waals surface area contributed by atoms with Gasteiger partial charge in [0.15, 0.2) is 0 Å². The fraction of sp³-hybridized carbons (Fsp3) is 0.136. The van der Waals surface area contributed by atoms with Gasteiger partial charge in [0, 0.05) is 35.6 Å². The Hall–Kier alpha value is -2.96. The summed E-state index contributed by atoms with van der Waals surface area (Å²) >= 11 is 7.52. The van der Waals surface area contributed by atoms with Crippen molar-refractivity contribution in [3.63, 3.8) is 0 Å². The molecule has 0 atom stereocenters. The Morgan fingerprint density at radius 2 is 1.86 bits per heavy atom. The zero-order chi connectivity index (χ0) is 20.2. The van der Waals surface area contributed by atoms with Gasteiger partial charge in [-0.1, -0.05) is 41.9 Å². The van der Waals surface area contributed by atoms with Crippen molar-refractivity contribution in [2.45, 2.75) is 6.42 Å². The summed E-state index contributed by atoms with van der Waals surface area (Å²) in [6.45, 7) is 0.544. The van der Waals surface area contributed by atoms with Crippen LogP contribution in [0.1, 0.15) is 6.42 Å². The number of benzene rings is 2. The lowest BCUT2D eigenvalue weighted by Gasteiger charge is -2.18. The van der Waals surface area contributed by atoms with Gasteiger partial charge < -0.3 is 10.2 Å². The van der Waals surface area contributed by atoms with Crippen molar-refractivity contribution >= 4 is 50.6 Å². The Labute approximate surface area is 178 Å². The third-order valence-electron chi connectivity index (χ3n) is 4.53. The number of thiophene rings is 1. The lowest BCUT2D eigenvalue weighted by molar-refractivity contribution is -0.116. The topological polar surface area (TPSA) is 58.1 Å². The van der Waals surface area contributed by atoms with Crippen molar-refractivity contribution in [2.75, 3.05) is 23.8 Å². The highest BCUT2D eigenvalue weighted by Gasteiger charge is 2.14. The second-order valence-corrected chi connectivity index (χ2v) is 8.09. The predicted octanol–water partition coefficient (Wildman–Crippen LogP) is 5.48. The highest BCUT2D eigenvalue weighted by molar-refractivity contribution is 7.21. The summed E-state index contributed by atoms with van der Waals surface area (Å²) in [6.07, 6.45) is 1.92. The van der Waals surface area contributed by atoms with Crippen molar-refractivity contribution in [1.82, 2.24) is 9.97 Å². The molecule has 0 unspecified atom stereocenters. The minimum atomic E-state index is -0.0558. The first kappa shape index (κ1) is 19.4. The van der Waals surface area contributed by atoms with Crippen LogP contribution in [0, 0.1) is 0 Å². The fourth-order valence-corrected chi connectivity index (χ4v) is 4.15. The largest absolute Gasteiger partial charge is 0.359 e. The smallest absolute Gasteiger partial charge is 0.226 e. The molecule has 7 heteroatoms. The van der Waals surface area contributed by atoms with Crippen molar-refractivity contribution in [3.05, 3.63) is 72.0 Å². The molecule has 0 spiro atoms. The lowest BCUT2D eigenvalue weighted by atomic mass is 10.2. The van der Waals surface area contributed by atoms with Gasteiger partial charge in [0.25, 0.3) is 0 Å². The van der Waals surface area contributed by atoms with Crippen LogP contribution in [-0.2, 0) is 4.79 Å². The molecule has 146 valence electrons. The minimum absolute atomic E-state index is 0.0558. The number of amides is 1. The summed E-state index contributed by atoms with van der Waals surface area (Å²) in [5, 5.41) is 4.52. The van der Waals surface area contributed by atoms with Crippen LogP contribution in [-0.4, -0.2) is 29.5 Å². The molecule has 0 radical (unpaired) electrons. The molecule has 2 aromatic heterocycles. The maximum atomic E-state index is 12.3. The summed E-state index contributed by atoms with van der Waals surface area (Å²) in [5.74, 6) is 0.771. The number of nitrogens with zero attached hydrogens (tertiary/aromatic N) is 3. The van der Waals surface area contributed by atoms with E-state index in [0.717, 1.165) is 32.2 Å². The van der Waals surface area contributed by atoms with Gasteiger partial charge in [-0.25, -0.2) is 9.97 Å². The van der Waals surface area contributed by atoms with Crippen LogP contribution in [0.3, 0.4) is 0 Å². The molecule has 0 saturated carbocycles. The Bertz CT molecular complexity index is 1130. The Kier molecular flexibility index (Phi) is 5.74. The molecule has 4 rings (SSSR count). The van der Waals surface area contributed by atoms with E-state index in [1.54, 1.807) is 41.9 Å². The number of fused-ring (bicyclic) bond motifs is 1. The summed E-state index contributed by atoms with van der Waals surface area (Å²) in [7, 11) is 1.94. The SMILES string of the molecule is CN(CCC(=O)Nc1ccc(Cl)cc1)c1ncnc2sc(-c3ccccc3)cc12. The molecule has 0 fully saturated rings. The van der Waals surface area contributed by atoms with Gasteiger partial charge in [-0.05, 0) is 35.9 Å². The number of hydrogen-bond donors (Lipinski definition) is 1. The van der Waals surface area contributed by atoms with E-state index in [-0.39, 0.29) is 5.91 Å². The molecular weight excluding hydrogens is 404 g/mol. The van der Waals surface area contributed by atoms with Crippen molar-refractivity contribution < 1.29 is 4.79 Å². The van der Waals surface area contributed by atoms with Crippen LogP contribution >= 0.6 is 22.9 Å². The molecule has 2 heterocycles. The van der Waals surface area contributed by atoms with E-state index >= 15 is 0 Å². The number of hydrogen-bond acceptors (Lipinski definition) is 5. The highest BCUT2D eigenvalue weighted by atomic mass is 35.5. The van der Waals surface area contributed by atoms with Gasteiger partial charge in [-0.15, -0.1) is 11.3 Å². The van der Waals surface area contributed by atoms with E-state index in [1.165, 1.54) is 0 Å². The molecule has 5 nitrogen and oxygen atoms in total. The maximum absolute atomic E-state index is 12.3. The summed E-state index contributed by atoms with van der Waals surface area (Å²) in [4.78, 5) is 25.2. The maximum Gasteiger partial charge on any atom is 0.226 e. The van der Waals surface area contributed by atoms with Gasteiger partial charge >= 0.3 is 0 Å². The van der Waals surface area contributed by atoms with E-state index in [1.807, 2.05) is 30.1 Å². The first-order valence-electron chi connectivity index (χ1n) is 9.16. The van der Waals surface area contributed by atoms with Crippen LogP contribution in [0.4, 0.5) is 11.5 Å². The van der Waals surface area contributed by atoms with Gasteiger partial charge in [-0.2, -0.15) is 0 Å². The van der Waals surface area contributed by atoms with Crippen LogP contribution in [0.25, 0.3) is 20.7 Å². The molecule has 1 N–H and O–H groups in total. The summed E-state index contributed by atoms with van der Waals surface area (Å²) < 4.78 is 0. The zero-order valence-corrected chi connectivity index (χ0v) is 17.4. The van der Waals surface area contributed by atoms with Gasteiger partial charge in [0.2, 0.25) is 5.91 Å². The molecular formula is C22H19ClN4OS. The van der Waals surface area contributed by atoms with Crippen LogP contribution < -0.4 is 10.2 Å². The van der Waals surface area contributed by atoms with Crippen LogP contribution in [0.5, 0.6) is 0 Å². The van der Waals surface area contributed by atoms with Crippen molar-refractivity contribution in [3.8, 4) is 10.4 Å². The standard InChI is InChI=1S/C22H19ClN4OS/c1-27(12-11-20(28)26-17-9-7-16(23)8-10-17)21-18-13-19(15-5-3-2-4-6-15)29-22(18)25-14-24-21/h2-10,13-14H,11-12H2,1H3,(H,26,28). The van der Waals surface area contributed by atoms with Gasteiger partial charge in [0.05, 0.1) is 5.39 Å². The fourth-order valence-electron chi connectivity index (χ4n) is 3.02. The monoisotopic (exact) mass is 422 g/mol. The van der Waals surface area contributed by atoms with E-state index in [2.05, 4.69) is 33.5 Å².